The number of allylic oxidation sites excluding steroid dienone is 4. The number of aliphatic imine (C=N–C) groups is 1. The third kappa shape index (κ3) is 7.95. The highest BCUT2D eigenvalue weighted by atomic mass is 15.2. The Bertz CT molecular complexity index is 2100. The zero-order chi connectivity index (χ0) is 36.6. The van der Waals surface area contributed by atoms with Crippen molar-refractivity contribution in [2.45, 2.75) is 57.9 Å². The van der Waals surface area contributed by atoms with Gasteiger partial charge in [0, 0.05) is 35.5 Å². The van der Waals surface area contributed by atoms with E-state index in [4.69, 9.17) is 11.6 Å². The van der Waals surface area contributed by atoms with Crippen LogP contribution in [0.1, 0.15) is 68.6 Å². The fourth-order valence-corrected chi connectivity index (χ4v) is 7.15. The number of hydrogen-bond acceptors (Lipinski definition) is 3. The van der Waals surface area contributed by atoms with Crippen molar-refractivity contribution in [2.75, 3.05) is 17.3 Å². The number of para-hydroxylation sites is 2. The Kier molecular flexibility index (Phi) is 11.5. The van der Waals surface area contributed by atoms with Crippen LogP contribution in [0.4, 0.5) is 17.1 Å². The Hall–Kier alpha value is -5.67. The first-order valence-corrected chi connectivity index (χ1v) is 18.5. The van der Waals surface area contributed by atoms with Crippen molar-refractivity contribution in [3.05, 3.63) is 187 Å². The van der Waals surface area contributed by atoms with E-state index in [1.165, 1.54) is 22.3 Å². The van der Waals surface area contributed by atoms with Gasteiger partial charge in [-0.3, -0.25) is 4.99 Å². The number of hydrogen-bond donors (Lipinski definition) is 1. The summed E-state index contributed by atoms with van der Waals surface area (Å²) in [5.41, 5.74) is 14.5. The van der Waals surface area contributed by atoms with Crippen LogP contribution >= 0.6 is 0 Å². The van der Waals surface area contributed by atoms with E-state index in [0.717, 1.165) is 70.0 Å². The highest BCUT2D eigenvalue weighted by molar-refractivity contribution is 6.10. The molecule has 2 unspecified atom stereocenters. The lowest BCUT2D eigenvalue weighted by molar-refractivity contribution is 0.535. The predicted octanol–water partition coefficient (Wildman–Crippen LogP) is 13.3. The number of nitrogens with zero attached hydrogens (tertiary/aromatic N) is 2. The van der Waals surface area contributed by atoms with Crippen LogP contribution in [0.5, 0.6) is 0 Å². The molecule has 3 heteroatoms. The third-order valence-electron chi connectivity index (χ3n) is 10.2. The fraction of sp³-hybridized carbons (Fsp3) is 0.204. The summed E-state index contributed by atoms with van der Waals surface area (Å²) in [6.07, 6.45) is 9.05. The average Bonchev–Trinajstić information content (AvgIpc) is 3.19. The lowest BCUT2D eigenvalue weighted by Gasteiger charge is -2.37. The number of nitrogens with one attached hydrogen (secondary N) is 1. The van der Waals surface area contributed by atoms with Crippen LogP contribution < -0.4 is 10.2 Å². The molecular weight excluding hydrogens is 631 g/mol. The van der Waals surface area contributed by atoms with Gasteiger partial charge >= 0.3 is 0 Å². The van der Waals surface area contributed by atoms with Gasteiger partial charge in [-0.1, -0.05) is 161 Å². The Balaban J connectivity index is 1.38. The van der Waals surface area contributed by atoms with E-state index in [2.05, 4.69) is 185 Å². The van der Waals surface area contributed by atoms with Crippen LogP contribution in [-0.4, -0.2) is 18.8 Å². The number of anilines is 3. The van der Waals surface area contributed by atoms with Gasteiger partial charge in [0.2, 0.25) is 0 Å². The summed E-state index contributed by atoms with van der Waals surface area (Å²) in [6.45, 7) is 20.0. The summed E-state index contributed by atoms with van der Waals surface area (Å²) in [6, 6.07) is 43.0. The summed E-state index contributed by atoms with van der Waals surface area (Å²) in [4.78, 5) is 7.60. The molecule has 0 bridgehead atoms. The second-order valence-electron chi connectivity index (χ2n) is 14.0. The number of likely N-dealkylation sites (N-methyl/N-ethyl adjacent to an activating group) is 1. The largest absolute Gasteiger partial charge is 0.353 e. The first-order chi connectivity index (χ1) is 25.3. The molecule has 0 aromatic heterocycles. The number of fused-ring (bicyclic) bond motifs is 1. The minimum Gasteiger partial charge on any atom is -0.353 e. The quantitative estimate of drug-likeness (QED) is 0.118. The van der Waals surface area contributed by atoms with Gasteiger partial charge in [0.25, 0.3) is 0 Å². The second kappa shape index (κ2) is 16.6. The van der Waals surface area contributed by atoms with Crippen LogP contribution in [-0.2, 0) is 0 Å². The molecule has 0 fully saturated rings. The second-order valence-corrected chi connectivity index (χ2v) is 14.0. The highest BCUT2D eigenvalue weighted by Gasteiger charge is 2.34. The normalized spacial score (nSPS) is 15.2. The van der Waals surface area contributed by atoms with Crippen molar-refractivity contribution in [3.63, 3.8) is 0 Å². The molecule has 2 atom stereocenters. The molecule has 52 heavy (non-hydrogen) atoms. The molecule has 0 radical (unpaired) electrons. The molecule has 1 aliphatic heterocycles. The minimum absolute atomic E-state index is 0.131. The Morgan fingerprint density at radius 2 is 1.46 bits per heavy atom. The molecule has 5 aromatic carbocycles. The molecule has 6 rings (SSSR count). The van der Waals surface area contributed by atoms with E-state index in [1.54, 1.807) is 0 Å². The maximum absolute atomic E-state index is 5.39. The van der Waals surface area contributed by atoms with Crippen molar-refractivity contribution in [1.29, 1.82) is 0 Å². The van der Waals surface area contributed by atoms with Gasteiger partial charge in [-0.2, -0.15) is 0 Å². The molecule has 262 valence electrons. The van der Waals surface area contributed by atoms with Gasteiger partial charge in [-0.15, -0.1) is 0 Å². The molecule has 1 N–H and O–H groups in total. The van der Waals surface area contributed by atoms with Gasteiger partial charge in [-0.05, 0) is 77.3 Å². The Morgan fingerprint density at radius 3 is 2.15 bits per heavy atom. The van der Waals surface area contributed by atoms with E-state index in [-0.39, 0.29) is 12.0 Å². The zero-order valence-corrected chi connectivity index (χ0v) is 31.1. The van der Waals surface area contributed by atoms with Crippen molar-refractivity contribution in [1.82, 2.24) is 0 Å². The maximum atomic E-state index is 5.39. The maximum Gasteiger partial charge on any atom is 0.0969 e. The summed E-state index contributed by atoms with van der Waals surface area (Å²) >= 11 is 0. The van der Waals surface area contributed by atoms with Crippen LogP contribution in [0.2, 0.25) is 0 Å². The van der Waals surface area contributed by atoms with Gasteiger partial charge < -0.3 is 10.2 Å². The van der Waals surface area contributed by atoms with Crippen molar-refractivity contribution in [3.8, 4) is 22.3 Å². The lowest BCUT2D eigenvalue weighted by atomic mass is 9.78. The molecule has 0 saturated heterocycles. The molecule has 1 aliphatic rings. The summed E-state index contributed by atoms with van der Waals surface area (Å²) in [7, 11) is 2.12. The van der Waals surface area contributed by atoms with Crippen molar-refractivity contribution >= 4 is 22.8 Å². The number of benzene rings is 5. The van der Waals surface area contributed by atoms with Crippen molar-refractivity contribution < 1.29 is 0 Å². The standard InChI is InChI=1S/C49H51N3/c1-8-10-19-35(5)26-29-43-44-32-39(34(3)4)27-31-42(44)45(9-2)51-49(43)36(6)52(7)48-25-18-17-24-46(48)50-47-33-40(37-20-13-11-14-21-37)28-30-41(47)38-22-15-12-16-23-38/h9-25,27-28,30-34,43,49-50H,2,5-6,8,26,29H2,1,3-4,7H3/b19-10-. The van der Waals surface area contributed by atoms with Gasteiger partial charge in [0.15, 0.2) is 0 Å². The van der Waals surface area contributed by atoms with Crippen molar-refractivity contribution in [2.24, 2.45) is 4.99 Å². The smallest absolute Gasteiger partial charge is 0.0969 e. The molecule has 5 aromatic rings. The first kappa shape index (κ1) is 36.1. The Labute approximate surface area is 311 Å². The van der Waals surface area contributed by atoms with Crippen LogP contribution in [0.15, 0.2) is 176 Å². The van der Waals surface area contributed by atoms with E-state index < -0.39 is 0 Å². The van der Waals surface area contributed by atoms with E-state index in [0.29, 0.717) is 5.92 Å². The molecule has 0 saturated carbocycles. The van der Waals surface area contributed by atoms with E-state index in [9.17, 15) is 0 Å². The molecule has 3 nitrogen and oxygen atoms in total. The molecular formula is C49H51N3. The highest BCUT2D eigenvalue weighted by Crippen LogP contribution is 2.43. The molecule has 0 amide bonds. The molecule has 0 spiro atoms. The van der Waals surface area contributed by atoms with E-state index >= 15 is 0 Å². The topological polar surface area (TPSA) is 27.6 Å². The number of rotatable bonds is 14. The van der Waals surface area contributed by atoms with Gasteiger partial charge in [0.1, 0.15) is 0 Å². The molecule has 1 heterocycles. The Morgan fingerprint density at radius 1 is 0.788 bits per heavy atom. The van der Waals surface area contributed by atoms with Crippen LogP contribution in [0, 0.1) is 0 Å². The third-order valence-corrected chi connectivity index (χ3v) is 10.2. The summed E-state index contributed by atoms with van der Waals surface area (Å²) < 4.78 is 0. The average molecular weight is 682 g/mol. The van der Waals surface area contributed by atoms with E-state index in [1.807, 2.05) is 6.08 Å². The van der Waals surface area contributed by atoms with Gasteiger partial charge in [0.05, 0.1) is 23.1 Å². The summed E-state index contributed by atoms with van der Waals surface area (Å²) in [5, 5.41) is 3.86. The predicted molar refractivity (Wildman–Crippen MR) is 226 cm³/mol. The van der Waals surface area contributed by atoms with Crippen LogP contribution in [0.3, 0.4) is 0 Å². The van der Waals surface area contributed by atoms with Gasteiger partial charge in [-0.25, -0.2) is 0 Å². The lowest BCUT2D eigenvalue weighted by Crippen LogP contribution is -2.34. The van der Waals surface area contributed by atoms with Crippen LogP contribution in [0.25, 0.3) is 22.3 Å². The first-order valence-electron chi connectivity index (χ1n) is 18.5. The fourth-order valence-electron chi connectivity index (χ4n) is 7.15. The SMILES string of the molecule is C=CC1=NC(C(=C)N(C)c2ccccc2Nc2cc(-c3ccccc3)ccc2-c2ccccc2)C(CCC(=C)/C=C\CC)c2cc(C(C)C)ccc21. The monoisotopic (exact) mass is 681 g/mol. The summed E-state index contributed by atoms with van der Waals surface area (Å²) in [5.74, 6) is 0.550. The zero-order valence-electron chi connectivity index (χ0n) is 31.1. The minimum atomic E-state index is -0.176. The molecule has 0 aliphatic carbocycles.